The standard InChI is InChI=1S/C28H37NO2/c1-4-13-28-15-14-27(31,5-2)19-24(28)10-6-8-22-17-23(11-12-25(22)28)26(30)18-21-9-7-16-29-20(21)3/h7,9,11-12,16-17,24,31H,4-6,8,10,13-15,18-19H2,1-3H3/t24-,27-,28+/m0/s1. The Morgan fingerprint density at radius 1 is 1.23 bits per heavy atom. The van der Waals surface area contributed by atoms with E-state index in [0.717, 1.165) is 61.8 Å². The highest BCUT2D eigenvalue weighted by molar-refractivity contribution is 5.97. The Kier molecular flexibility index (Phi) is 6.35. The van der Waals surface area contributed by atoms with Crippen molar-refractivity contribution in [2.75, 3.05) is 0 Å². The van der Waals surface area contributed by atoms with Gasteiger partial charge in [0, 0.05) is 23.9 Å². The highest BCUT2D eigenvalue weighted by atomic mass is 16.3. The second-order valence-electron chi connectivity index (χ2n) is 10.00. The quantitative estimate of drug-likeness (QED) is 0.573. The predicted molar refractivity (Wildman–Crippen MR) is 126 cm³/mol. The Morgan fingerprint density at radius 3 is 2.81 bits per heavy atom. The molecule has 166 valence electrons. The van der Waals surface area contributed by atoms with E-state index < -0.39 is 5.60 Å². The van der Waals surface area contributed by atoms with Crippen LogP contribution in [0.1, 0.15) is 98.0 Å². The number of rotatable bonds is 6. The average molecular weight is 420 g/mol. The molecule has 3 atom stereocenters. The van der Waals surface area contributed by atoms with Crippen LogP contribution >= 0.6 is 0 Å². The summed E-state index contributed by atoms with van der Waals surface area (Å²) >= 11 is 0. The van der Waals surface area contributed by atoms with Crippen molar-refractivity contribution in [1.29, 1.82) is 0 Å². The molecule has 1 saturated carbocycles. The number of hydrogen-bond acceptors (Lipinski definition) is 3. The van der Waals surface area contributed by atoms with Gasteiger partial charge in [-0.25, -0.2) is 0 Å². The molecule has 1 heterocycles. The van der Waals surface area contributed by atoms with Gasteiger partial charge < -0.3 is 5.11 Å². The van der Waals surface area contributed by atoms with Crippen molar-refractivity contribution in [3.63, 3.8) is 0 Å². The maximum absolute atomic E-state index is 13.1. The Morgan fingerprint density at radius 2 is 2.06 bits per heavy atom. The summed E-state index contributed by atoms with van der Waals surface area (Å²) in [5, 5.41) is 11.1. The molecule has 3 heteroatoms. The highest BCUT2D eigenvalue weighted by Crippen LogP contribution is 2.54. The zero-order chi connectivity index (χ0) is 22.1. The van der Waals surface area contributed by atoms with Gasteiger partial charge in [-0.3, -0.25) is 9.78 Å². The molecule has 1 fully saturated rings. The van der Waals surface area contributed by atoms with Crippen LogP contribution in [0.4, 0.5) is 0 Å². The van der Waals surface area contributed by atoms with Gasteiger partial charge >= 0.3 is 0 Å². The molecular formula is C28H37NO2. The molecule has 0 radical (unpaired) electrons. The lowest BCUT2D eigenvalue weighted by atomic mass is 9.56. The molecule has 31 heavy (non-hydrogen) atoms. The third-order valence-corrected chi connectivity index (χ3v) is 8.23. The Hall–Kier alpha value is -2.00. The van der Waals surface area contributed by atoms with Gasteiger partial charge in [0.25, 0.3) is 0 Å². The number of aromatic nitrogens is 1. The highest BCUT2D eigenvalue weighted by Gasteiger charge is 2.49. The van der Waals surface area contributed by atoms with E-state index in [2.05, 4.69) is 37.0 Å². The molecule has 0 spiro atoms. The number of nitrogens with zero attached hydrogens (tertiary/aromatic N) is 1. The average Bonchev–Trinajstić information content (AvgIpc) is 2.92. The van der Waals surface area contributed by atoms with Gasteiger partial charge in [0.05, 0.1) is 5.60 Å². The van der Waals surface area contributed by atoms with E-state index >= 15 is 0 Å². The summed E-state index contributed by atoms with van der Waals surface area (Å²) < 4.78 is 0. The third kappa shape index (κ3) is 4.22. The molecule has 3 nitrogen and oxygen atoms in total. The lowest BCUT2D eigenvalue weighted by molar-refractivity contribution is -0.0517. The van der Waals surface area contributed by atoms with Gasteiger partial charge in [0.2, 0.25) is 0 Å². The summed E-state index contributed by atoms with van der Waals surface area (Å²) in [7, 11) is 0. The van der Waals surface area contributed by atoms with E-state index in [4.69, 9.17) is 0 Å². The molecule has 0 bridgehead atoms. The molecule has 1 N–H and O–H groups in total. The summed E-state index contributed by atoms with van der Waals surface area (Å²) in [4.78, 5) is 17.4. The summed E-state index contributed by atoms with van der Waals surface area (Å²) in [6.45, 7) is 6.37. The number of aryl methyl sites for hydroxylation is 2. The minimum atomic E-state index is -0.496. The summed E-state index contributed by atoms with van der Waals surface area (Å²) in [6, 6.07) is 10.4. The molecule has 1 aromatic carbocycles. The van der Waals surface area contributed by atoms with Crippen LogP contribution in [0, 0.1) is 12.8 Å². The fourth-order valence-corrected chi connectivity index (χ4v) is 6.36. The van der Waals surface area contributed by atoms with Crippen molar-refractivity contribution < 1.29 is 9.90 Å². The summed E-state index contributed by atoms with van der Waals surface area (Å²) in [6.07, 6.45) is 11.6. The predicted octanol–water partition coefficient (Wildman–Crippen LogP) is 6.13. The maximum Gasteiger partial charge on any atom is 0.167 e. The molecule has 4 rings (SSSR count). The number of carbonyl (C=O) groups is 1. The van der Waals surface area contributed by atoms with Crippen molar-refractivity contribution in [3.8, 4) is 0 Å². The van der Waals surface area contributed by atoms with Crippen LogP contribution < -0.4 is 0 Å². The fraction of sp³-hybridized carbons (Fsp3) is 0.571. The van der Waals surface area contributed by atoms with E-state index in [1.54, 1.807) is 6.20 Å². The van der Waals surface area contributed by atoms with Crippen LogP contribution in [0.25, 0.3) is 0 Å². The molecule has 1 aromatic heterocycles. The van der Waals surface area contributed by atoms with Gasteiger partial charge in [0.1, 0.15) is 0 Å². The number of fused-ring (bicyclic) bond motifs is 3. The zero-order valence-corrected chi connectivity index (χ0v) is 19.4. The van der Waals surface area contributed by atoms with Crippen molar-refractivity contribution in [2.45, 2.75) is 96.0 Å². The van der Waals surface area contributed by atoms with Crippen molar-refractivity contribution in [3.05, 3.63) is 64.5 Å². The van der Waals surface area contributed by atoms with Crippen LogP contribution in [0.3, 0.4) is 0 Å². The molecule has 0 aliphatic heterocycles. The lowest BCUT2D eigenvalue weighted by Gasteiger charge is -2.50. The first-order chi connectivity index (χ1) is 14.9. The Bertz CT molecular complexity index is 952. The molecule has 0 unspecified atom stereocenters. The molecule has 2 aliphatic carbocycles. The minimum absolute atomic E-state index is 0.156. The SMILES string of the molecule is CCC[C@@]12CC[C@@](O)(CC)C[C@@H]1CCCc1cc(C(=O)Cc3cccnc3C)ccc12. The molecule has 2 aromatic rings. The summed E-state index contributed by atoms with van der Waals surface area (Å²) in [5.74, 6) is 0.709. The van der Waals surface area contributed by atoms with Crippen molar-refractivity contribution >= 4 is 5.78 Å². The van der Waals surface area contributed by atoms with Crippen LogP contribution in [-0.4, -0.2) is 21.5 Å². The number of carbonyl (C=O) groups excluding carboxylic acids is 1. The normalized spacial score (nSPS) is 27.8. The van der Waals surface area contributed by atoms with Crippen LogP contribution in [0.15, 0.2) is 36.5 Å². The first kappa shape index (κ1) is 22.2. The first-order valence-corrected chi connectivity index (χ1v) is 12.2. The second-order valence-corrected chi connectivity index (χ2v) is 10.00. The Labute approximate surface area is 187 Å². The van der Waals surface area contributed by atoms with Crippen LogP contribution in [0.5, 0.6) is 0 Å². The van der Waals surface area contributed by atoms with Gasteiger partial charge in [0.15, 0.2) is 5.78 Å². The number of benzene rings is 1. The molecule has 2 aliphatic rings. The van der Waals surface area contributed by atoms with Gasteiger partial charge in [-0.05, 0) is 98.4 Å². The number of hydrogen-bond donors (Lipinski definition) is 1. The topological polar surface area (TPSA) is 50.2 Å². The largest absolute Gasteiger partial charge is 0.390 e. The molecule has 0 saturated heterocycles. The Balaban J connectivity index is 1.67. The van der Waals surface area contributed by atoms with Crippen molar-refractivity contribution in [1.82, 2.24) is 4.98 Å². The minimum Gasteiger partial charge on any atom is -0.390 e. The van der Waals surface area contributed by atoms with E-state index in [0.29, 0.717) is 12.3 Å². The van der Waals surface area contributed by atoms with E-state index in [1.807, 2.05) is 19.1 Å². The van der Waals surface area contributed by atoms with E-state index in [9.17, 15) is 9.90 Å². The summed E-state index contributed by atoms with van der Waals surface area (Å²) in [5.41, 5.74) is 5.26. The maximum atomic E-state index is 13.1. The van der Waals surface area contributed by atoms with Crippen molar-refractivity contribution in [2.24, 2.45) is 5.92 Å². The molecule has 0 amide bonds. The second kappa shape index (κ2) is 8.86. The smallest absolute Gasteiger partial charge is 0.167 e. The van der Waals surface area contributed by atoms with Gasteiger partial charge in [-0.15, -0.1) is 0 Å². The fourth-order valence-electron chi connectivity index (χ4n) is 6.36. The zero-order valence-electron chi connectivity index (χ0n) is 19.4. The van der Waals surface area contributed by atoms with Crippen LogP contribution in [0.2, 0.25) is 0 Å². The lowest BCUT2D eigenvalue weighted by Crippen LogP contribution is -2.47. The number of Topliss-reactive ketones (excluding diaryl/α,β-unsaturated/α-hetero) is 1. The first-order valence-electron chi connectivity index (χ1n) is 12.2. The van der Waals surface area contributed by atoms with E-state index in [1.165, 1.54) is 24.0 Å². The van der Waals surface area contributed by atoms with E-state index in [-0.39, 0.29) is 11.2 Å². The van der Waals surface area contributed by atoms with Crippen LogP contribution in [-0.2, 0) is 18.3 Å². The monoisotopic (exact) mass is 419 g/mol. The number of ketones is 1. The molecular weight excluding hydrogens is 382 g/mol. The third-order valence-electron chi connectivity index (χ3n) is 8.23. The number of aliphatic hydroxyl groups is 1. The van der Waals surface area contributed by atoms with Gasteiger partial charge in [-0.2, -0.15) is 0 Å². The van der Waals surface area contributed by atoms with Gasteiger partial charge in [-0.1, -0.05) is 38.5 Å². The number of pyridine rings is 1.